The van der Waals surface area contributed by atoms with E-state index in [4.69, 9.17) is 4.74 Å². The third-order valence-corrected chi connectivity index (χ3v) is 5.98. The van der Waals surface area contributed by atoms with Crippen LogP contribution in [0.25, 0.3) is 11.4 Å². The van der Waals surface area contributed by atoms with Crippen LogP contribution in [0.4, 0.5) is 5.69 Å². The molecule has 1 aliphatic heterocycles. The quantitative estimate of drug-likeness (QED) is 0.586. The van der Waals surface area contributed by atoms with E-state index < -0.39 is 0 Å². The lowest BCUT2D eigenvalue weighted by Crippen LogP contribution is -2.14. The van der Waals surface area contributed by atoms with E-state index in [1.807, 2.05) is 61.5 Å². The van der Waals surface area contributed by atoms with E-state index in [0.717, 1.165) is 47.0 Å². The van der Waals surface area contributed by atoms with E-state index in [1.165, 1.54) is 0 Å². The molecular formula is C23H23N3O2S. The molecule has 1 N–H and O–H groups in total. The summed E-state index contributed by atoms with van der Waals surface area (Å²) in [6, 6.07) is 17.2. The Morgan fingerprint density at radius 3 is 2.76 bits per heavy atom. The SMILES string of the molecule is Cc1ccnc(-c2ccc(NC(=O)c3ccccc3SCC3CCCO3)cc2)n1. The maximum atomic E-state index is 12.9. The summed E-state index contributed by atoms with van der Waals surface area (Å²) in [6.45, 7) is 2.78. The molecule has 2 heterocycles. The Morgan fingerprint density at radius 2 is 2.00 bits per heavy atom. The van der Waals surface area contributed by atoms with Gasteiger partial charge in [0.25, 0.3) is 5.91 Å². The van der Waals surface area contributed by atoms with Crippen LogP contribution in [0.15, 0.2) is 65.7 Å². The zero-order valence-corrected chi connectivity index (χ0v) is 17.1. The lowest BCUT2D eigenvalue weighted by molar-refractivity contribution is 0.102. The van der Waals surface area contributed by atoms with Crippen LogP contribution < -0.4 is 5.32 Å². The van der Waals surface area contributed by atoms with Gasteiger partial charge < -0.3 is 10.1 Å². The van der Waals surface area contributed by atoms with Gasteiger partial charge in [0.2, 0.25) is 0 Å². The maximum Gasteiger partial charge on any atom is 0.256 e. The van der Waals surface area contributed by atoms with Crippen LogP contribution in [-0.4, -0.2) is 34.3 Å². The molecule has 1 unspecified atom stereocenters. The van der Waals surface area contributed by atoms with Gasteiger partial charge in [0, 0.05) is 40.4 Å². The van der Waals surface area contributed by atoms with Crippen molar-refractivity contribution in [2.75, 3.05) is 17.7 Å². The summed E-state index contributed by atoms with van der Waals surface area (Å²) in [6.07, 6.45) is 4.25. The molecular weight excluding hydrogens is 382 g/mol. The number of benzene rings is 2. The van der Waals surface area contributed by atoms with Gasteiger partial charge in [0.05, 0.1) is 11.7 Å². The molecule has 0 bridgehead atoms. The summed E-state index contributed by atoms with van der Waals surface area (Å²) < 4.78 is 5.69. The fourth-order valence-corrected chi connectivity index (χ4v) is 4.35. The Labute approximate surface area is 174 Å². The van der Waals surface area contributed by atoms with Crippen molar-refractivity contribution < 1.29 is 9.53 Å². The van der Waals surface area contributed by atoms with Crippen LogP contribution >= 0.6 is 11.8 Å². The van der Waals surface area contributed by atoms with Gasteiger partial charge in [-0.05, 0) is 62.2 Å². The molecule has 0 aliphatic carbocycles. The van der Waals surface area contributed by atoms with Crippen molar-refractivity contribution in [1.29, 1.82) is 0 Å². The van der Waals surface area contributed by atoms with Crippen molar-refractivity contribution in [2.24, 2.45) is 0 Å². The molecule has 3 aromatic rings. The number of aromatic nitrogens is 2. The normalized spacial score (nSPS) is 16.0. The third-order valence-electron chi connectivity index (χ3n) is 4.78. The molecule has 1 amide bonds. The molecule has 148 valence electrons. The fourth-order valence-electron chi connectivity index (χ4n) is 3.23. The zero-order chi connectivity index (χ0) is 20.1. The molecule has 0 saturated carbocycles. The average molecular weight is 406 g/mol. The highest BCUT2D eigenvalue weighted by atomic mass is 32.2. The number of rotatable bonds is 6. The lowest BCUT2D eigenvalue weighted by atomic mass is 10.1. The maximum absolute atomic E-state index is 12.9. The Morgan fingerprint density at radius 1 is 1.17 bits per heavy atom. The predicted molar refractivity (Wildman–Crippen MR) is 116 cm³/mol. The number of thioether (sulfide) groups is 1. The van der Waals surface area contributed by atoms with Crippen LogP contribution in [0, 0.1) is 6.92 Å². The summed E-state index contributed by atoms with van der Waals surface area (Å²) in [5.41, 5.74) is 3.26. The van der Waals surface area contributed by atoms with E-state index >= 15 is 0 Å². The molecule has 0 spiro atoms. The van der Waals surface area contributed by atoms with Gasteiger partial charge >= 0.3 is 0 Å². The van der Waals surface area contributed by atoms with Gasteiger partial charge in [-0.15, -0.1) is 11.8 Å². The van der Waals surface area contributed by atoms with Crippen LogP contribution in [0.3, 0.4) is 0 Å². The van der Waals surface area contributed by atoms with E-state index in [2.05, 4.69) is 15.3 Å². The second-order valence-corrected chi connectivity index (χ2v) is 8.06. The third kappa shape index (κ3) is 5.02. The molecule has 1 fully saturated rings. The number of nitrogens with zero attached hydrogens (tertiary/aromatic N) is 2. The van der Waals surface area contributed by atoms with Gasteiger partial charge in [-0.25, -0.2) is 9.97 Å². The van der Waals surface area contributed by atoms with Gasteiger partial charge in [-0.1, -0.05) is 12.1 Å². The number of ether oxygens (including phenoxy) is 1. The number of amides is 1. The standard InChI is InChI=1S/C23H23N3O2S/c1-16-12-13-24-22(25-16)17-8-10-18(11-9-17)26-23(27)20-6-2-3-7-21(20)29-15-19-5-4-14-28-19/h2-3,6-13,19H,4-5,14-15H2,1H3,(H,26,27). The summed E-state index contributed by atoms with van der Waals surface area (Å²) in [5.74, 6) is 1.44. The highest BCUT2D eigenvalue weighted by Crippen LogP contribution is 2.27. The van der Waals surface area contributed by atoms with Crippen molar-refractivity contribution in [3.8, 4) is 11.4 Å². The number of hydrogen-bond acceptors (Lipinski definition) is 5. The lowest BCUT2D eigenvalue weighted by Gasteiger charge is -2.12. The van der Waals surface area contributed by atoms with Gasteiger partial charge in [-0.2, -0.15) is 0 Å². The van der Waals surface area contributed by atoms with Crippen molar-refractivity contribution in [1.82, 2.24) is 9.97 Å². The summed E-state index contributed by atoms with van der Waals surface area (Å²) in [4.78, 5) is 22.6. The van der Waals surface area contributed by atoms with E-state index in [-0.39, 0.29) is 12.0 Å². The number of anilines is 1. The van der Waals surface area contributed by atoms with Gasteiger partial charge in [0.15, 0.2) is 5.82 Å². The van der Waals surface area contributed by atoms with Crippen LogP contribution in [-0.2, 0) is 4.74 Å². The number of carbonyl (C=O) groups excluding carboxylic acids is 1. The molecule has 5 nitrogen and oxygen atoms in total. The van der Waals surface area contributed by atoms with Crippen molar-refractivity contribution in [2.45, 2.75) is 30.8 Å². The Hall–Kier alpha value is -2.70. The number of aryl methyl sites for hydroxylation is 1. The minimum atomic E-state index is -0.111. The van der Waals surface area contributed by atoms with E-state index in [1.54, 1.807) is 18.0 Å². The van der Waals surface area contributed by atoms with E-state index in [9.17, 15) is 4.79 Å². The fraction of sp³-hybridized carbons (Fsp3) is 0.261. The number of carbonyl (C=O) groups is 1. The van der Waals surface area contributed by atoms with Crippen LogP contribution in [0.5, 0.6) is 0 Å². The van der Waals surface area contributed by atoms with Gasteiger partial charge in [-0.3, -0.25) is 4.79 Å². The van der Waals surface area contributed by atoms with Crippen LogP contribution in [0.1, 0.15) is 28.9 Å². The molecule has 29 heavy (non-hydrogen) atoms. The molecule has 1 aromatic heterocycles. The largest absolute Gasteiger partial charge is 0.377 e. The highest BCUT2D eigenvalue weighted by Gasteiger charge is 2.18. The first-order valence-electron chi connectivity index (χ1n) is 9.74. The molecule has 0 radical (unpaired) electrons. The molecule has 1 aliphatic rings. The Balaban J connectivity index is 1.44. The Bertz CT molecular complexity index is 985. The summed E-state index contributed by atoms with van der Waals surface area (Å²) in [7, 11) is 0. The monoisotopic (exact) mass is 405 g/mol. The first kappa shape index (κ1) is 19.6. The molecule has 4 rings (SSSR count). The minimum Gasteiger partial charge on any atom is -0.377 e. The predicted octanol–water partition coefficient (Wildman–Crippen LogP) is 4.98. The van der Waals surface area contributed by atoms with Crippen molar-refractivity contribution in [3.63, 3.8) is 0 Å². The van der Waals surface area contributed by atoms with Crippen molar-refractivity contribution >= 4 is 23.4 Å². The Kier molecular flexibility index (Phi) is 6.22. The minimum absolute atomic E-state index is 0.111. The van der Waals surface area contributed by atoms with E-state index in [0.29, 0.717) is 11.4 Å². The summed E-state index contributed by atoms with van der Waals surface area (Å²) in [5, 5.41) is 2.99. The summed E-state index contributed by atoms with van der Waals surface area (Å²) >= 11 is 1.68. The second kappa shape index (κ2) is 9.20. The first-order chi connectivity index (χ1) is 14.2. The van der Waals surface area contributed by atoms with Gasteiger partial charge in [0.1, 0.15) is 0 Å². The number of hydrogen-bond donors (Lipinski definition) is 1. The van der Waals surface area contributed by atoms with Crippen LogP contribution in [0.2, 0.25) is 0 Å². The molecule has 1 saturated heterocycles. The molecule has 2 aromatic carbocycles. The first-order valence-corrected chi connectivity index (χ1v) is 10.7. The number of nitrogens with one attached hydrogen (secondary N) is 1. The smallest absolute Gasteiger partial charge is 0.256 e. The topological polar surface area (TPSA) is 64.1 Å². The second-order valence-electron chi connectivity index (χ2n) is 7.00. The average Bonchev–Trinajstić information content (AvgIpc) is 3.27. The molecule has 1 atom stereocenters. The van der Waals surface area contributed by atoms with Crippen molar-refractivity contribution in [3.05, 3.63) is 72.1 Å². The zero-order valence-electron chi connectivity index (χ0n) is 16.3. The highest BCUT2D eigenvalue weighted by molar-refractivity contribution is 7.99. The molecule has 6 heteroatoms.